The van der Waals surface area contributed by atoms with Crippen LogP contribution >= 0.6 is 0 Å². The average molecular weight is 510 g/mol. The van der Waals surface area contributed by atoms with Gasteiger partial charge < -0.3 is 4.74 Å². The summed E-state index contributed by atoms with van der Waals surface area (Å²) >= 11 is 0. The minimum atomic E-state index is -0.831. The normalized spacial score (nSPS) is 16.3. The SMILES string of the molecule is CCc1ccc(N2C(=O)NC(=O)/C(=C\c3ccc(OC)c(CN4C(=O)c5ccccc5C4=O)c3)C2=O)cc1. The number of carbonyl (C=O) groups excluding carboxylic acids is 5. The fourth-order valence-electron chi connectivity index (χ4n) is 4.50. The van der Waals surface area contributed by atoms with E-state index < -0.39 is 29.7 Å². The number of anilines is 1. The molecular weight excluding hydrogens is 486 g/mol. The Morgan fingerprint density at radius 2 is 1.50 bits per heavy atom. The van der Waals surface area contributed by atoms with Crippen molar-refractivity contribution in [3.63, 3.8) is 0 Å². The third kappa shape index (κ3) is 4.24. The standard InChI is InChI=1S/C29H23N3O6/c1-3-17-8-11-20(12-9-17)32-28(36)23(25(33)30-29(32)37)15-18-10-13-24(38-2)19(14-18)16-31-26(34)21-6-4-5-7-22(21)27(31)35/h4-15H,3,16H2,1-2H3,(H,30,33,37)/b23-15+. The van der Waals surface area contributed by atoms with E-state index in [1.165, 1.54) is 13.2 Å². The average Bonchev–Trinajstić information content (AvgIpc) is 3.16. The summed E-state index contributed by atoms with van der Waals surface area (Å²) in [6.45, 7) is 1.92. The van der Waals surface area contributed by atoms with Gasteiger partial charge in [-0.25, -0.2) is 9.69 Å². The van der Waals surface area contributed by atoms with Crippen LogP contribution in [-0.2, 0) is 22.6 Å². The molecule has 6 amide bonds. The lowest BCUT2D eigenvalue weighted by Crippen LogP contribution is -2.54. The third-order valence-electron chi connectivity index (χ3n) is 6.53. The van der Waals surface area contributed by atoms with Crippen LogP contribution in [0.1, 0.15) is 44.3 Å². The zero-order valence-electron chi connectivity index (χ0n) is 20.7. The molecule has 5 rings (SSSR count). The first-order valence-electron chi connectivity index (χ1n) is 11.9. The first-order valence-corrected chi connectivity index (χ1v) is 11.9. The molecule has 0 aromatic heterocycles. The Kier molecular flexibility index (Phi) is 6.34. The number of nitrogens with zero attached hydrogens (tertiary/aromatic N) is 2. The molecule has 0 saturated carbocycles. The Bertz CT molecular complexity index is 1510. The molecule has 0 unspecified atom stereocenters. The zero-order chi connectivity index (χ0) is 27.0. The van der Waals surface area contributed by atoms with Crippen molar-refractivity contribution in [2.45, 2.75) is 19.9 Å². The number of hydrogen-bond acceptors (Lipinski definition) is 6. The van der Waals surface area contributed by atoms with E-state index in [0.717, 1.165) is 21.8 Å². The van der Waals surface area contributed by atoms with Crippen LogP contribution < -0.4 is 15.0 Å². The van der Waals surface area contributed by atoms with Crippen molar-refractivity contribution >= 4 is 41.4 Å². The van der Waals surface area contributed by atoms with Gasteiger partial charge in [0.05, 0.1) is 30.5 Å². The number of carbonyl (C=O) groups is 5. The first kappa shape index (κ1) is 24.6. The Morgan fingerprint density at radius 1 is 0.842 bits per heavy atom. The summed E-state index contributed by atoms with van der Waals surface area (Å²) in [5.41, 5.74) is 2.75. The van der Waals surface area contributed by atoms with E-state index in [-0.39, 0.29) is 12.1 Å². The molecule has 2 aliphatic heterocycles. The van der Waals surface area contributed by atoms with E-state index in [2.05, 4.69) is 5.32 Å². The lowest BCUT2D eigenvalue weighted by molar-refractivity contribution is -0.122. The largest absolute Gasteiger partial charge is 0.496 e. The van der Waals surface area contributed by atoms with Crippen LogP contribution in [-0.4, -0.2) is 41.7 Å². The van der Waals surface area contributed by atoms with Crippen molar-refractivity contribution in [2.24, 2.45) is 0 Å². The van der Waals surface area contributed by atoms with E-state index >= 15 is 0 Å². The number of fused-ring (bicyclic) bond motifs is 1. The minimum Gasteiger partial charge on any atom is -0.496 e. The highest BCUT2D eigenvalue weighted by atomic mass is 16.5. The first-order chi connectivity index (χ1) is 18.3. The van der Waals surface area contributed by atoms with Gasteiger partial charge in [0.2, 0.25) is 0 Å². The Hall–Kier alpha value is -5.05. The Balaban J connectivity index is 1.46. The number of ether oxygens (including phenoxy) is 1. The number of imide groups is 3. The zero-order valence-corrected chi connectivity index (χ0v) is 20.7. The maximum Gasteiger partial charge on any atom is 0.335 e. The topological polar surface area (TPSA) is 113 Å². The number of aryl methyl sites for hydroxylation is 1. The molecular formula is C29H23N3O6. The monoisotopic (exact) mass is 509 g/mol. The Morgan fingerprint density at radius 3 is 2.11 bits per heavy atom. The van der Waals surface area contributed by atoms with Crippen LogP contribution in [0.5, 0.6) is 5.75 Å². The molecule has 0 bridgehead atoms. The van der Waals surface area contributed by atoms with E-state index in [1.54, 1.807) is 54.6 Å². The highest BCUT2D eigenvalue weighted by molar-refractivity contribution is 6.39. The molecule has 0 spiro atoms. The van der Waals surface area contributed by atoms with E-state index in [4.69, 9.17) is 4.74 Å². The molecule has 9 nitrogen and oxygen atoms in total. The molecule has 3 aromatic rings. The smallest absolute Gasteiger partial charge is 0.335 e. The predicted octanol–water partition coefficient (Wildman–Crippen LogP) is 3.72. The van der Waals surface area contributed by atoms with Gasteiger partial charge in [0.15, 0.2) is 0 Å². The van der Waals surface area contributed by atoms with Crippen molar-refractivity contribution in [3.05, 3.63) is 100 Å². The van der Waals surface area contributed by atoms with E-state index in [1.807, 2.05) is 19.1 Å². The van der Waals surface area contributed by atoms with Crippen molar-refractivity contribution in [2.75, 3.05) is 12.0 Å². The van der Waals surface area contributed by atoms with Crippen LogP contribution in [0.25, 0.3) is 6.08 Å². The number of barbiturate groups is 1. The summed E-state index contributed by atoms with van der Waals surface area (Å²) in [7, 11) is 1.46. The van der Waals surface area contributed by atoms with Crippen LogP contribution in [0.4, 0.5) is 10.5 Å². The molecule has 1 saturated heterocycles. The van der Waals surface area contributed by atoms with Crippen molar-refractivity contribution in [3.8, 4) is 5.75 Å². The lowest BCUT2D eigenvalue weighted by Gasteiger charge is -2.26. The van der Waals surface area contributed by atoms with Gasteiger partial charge >= 0.3 is 6.03 Å². The molecule has 2 heterocycles. The van der Waals surface area contributed by atoms with Gasteiger partial charge in [0.25, 0.3) is 23.6 Å². The summed E-state index contributed by atoms with van der Waals surface area (Å²) in [5, 5.41) is 2.21. The summed E-state index contributed by atoms with van der Waals surface area (Å²) < 4.78 is 5.43. The second-order valence-corrected chi connectivity index (χ2v) is 8.79. The molecule has 0 aliphatic carbocycles. The van der Waals surface area contributed by atoms with Gasteiger partial charge in [0.1, 0.15) is 11.3 Å². The number of amides is 6. The second kappa shape index (κ2) is 9.78. The quantitative estimate of drug-likeness (QED) is 0.308. The summed E-state index contributed by atoms with van der Waals surface area (Å²) in [4.78, 5) is 66.1. The van der Waals surface area contributed by atoms with E-state index in [0.29, 0.717) is 33.7 Å². The molecule has 0 atom stereocenters. The van der Waals surface area contributed by atoms with Gasteiger partial charge in [-0.15, -0.1) is 0 Å². The number of benzene rings is 3. The molecule has 1 N–H and O–H groups in total. The van der Waals surface area contributed by atoms with Gasteiger partial charge in [-0.05, 0) is 60.0 Å². The van der Waals surface area contributed by atoms with Gasteiger partial charge in [-0.3, -0.25) is 29.4 Å². The van der Waals surface area contributed by atoms with Gasteiger partial charge in [-0.1, -0.05) is 37.3 Å². The number of methoxy groups -OCH3 is 1. The number of hydrogen-bond donors (Lipinski definition) is 1. The number of urea groups is 1. The maximum atomic E-state index is 13.3. The second-order valence-electron chi connectivity index (χ2n) is 8.79. The fraction of sp³-hybridized carbons (Fsp3) is 0.138. The Labute approximate surface area is 218 Å². The molecule has 2 aliphatic rings. The minimum absolute atomic E-state index is 0.0684. The fourth-order valence-corrected chi connectivity index (χ4v) is 4.50. The number of nitrogens with one attached hydrogen (secondary N) is 1. The third-order valence-corrected chi connectivity index (χ3v) is 6.53. The summed E-state index contributed by atoms with van der Waals surface area (Å²) in [6, 6.07) is 17.6. The maximum absolute atomic E-state index is 13.3. The van der Waals surface area contributed by atoms with Crippen LogP contribution in [0.2, 0.25) is 0 Å². The number of rotatable bonds is 6. The van der Waals surface area contributed by atoms with Crippen LogP contribution in [0, 0.1) is 0 Å². The van der Waals surface area contributed by atoms with Crippen molar-refractivity contribution in [1.29, 1.82) is 0 Å². The lowest BCUT2D eigenvalue weighted by atomic mass is 10.0. The van der Waals surface area contributed by atoms with Gasteiger partial charge in [-0.2, -0.15) is 0 Å². The van der Waals surface area contributed by atoms with E-state index in [9.17, 15) is 24.0 Å². The molecule has 3 aromatic carbocycles. The molecule has 1 fully saturated rings. The summed E-state index contributed by atoms with van der Waals surface area (Å²) in [6.07, 6.45) is 2.16. The predicted molar refractivity (Wildman–Crippen MR) is 138 cm³/mol. The van der Waals surface area contributed by atoms with Crippen molar-refractivity contribution in [1.82, 2.24) is 10.2 Å². The van der Waals surface area contributed by atoms with Gasteiger partial charge in [0, 0.05) is 5.56 Å². The molecule has 38 heavy (non-hydrogen) atoms. The van der Waals surface area contributed by atoms with Crippen molar-refractivity contribution < 1.29 is 28.7 Å². The highest BCUT2D eigenvalue weighted by Crippen LogP contribution is 2.29. The highest BCUT2D eigenvalue weighted by Gasteiger charge is 2.37. The molecule has 9 heteroatoms. The van der Waals surface area contributed by atoms with Crippen LogP contribution in [0.3, 0.4) is 0 Å². The summed E-state index contributed by atoms with van der Waals surface area (Å²) in [5.74, 6) is -1.99. The van der Waals surface area contributed by atoms with Crippen LogP contribution in [0.15, 0.2) is 72.3 Å². The molecule has 190 valence electrons. The molecule has 0 radical (unpaired) electrons.